The molecule has 0 saturated heterocycles. The summed E-state index contributed by atoms with van der Waals surface area (Å²) in [6.45, 7) is 1.72. The van der Waals surface area contributed by atoms with Gasteiger partial charge in [0.1, 0.15) is 29.4 Å². The molecular weight excluding hydrogens is 512 g/mol. The van der Waals surface area contributed by atoms with Gasteiger partial charge in [0.2, 0.25) is 0 Å². The first-order valence-electron chi connectivity index (χ1n) is 13.3. The van der Waals surface area contributed by atoms with E-state index in [1.807, 2.05) is 84.9 Å². The van der Waals surface area contributed by atoms with Gasteiger partial charge in [-0.25, -0.2) is 4.79 Å². The minimum absolute atomic E-state index is 0.156. The van der Waals surface area contributed by atoms with Gasteiger partial charge in [0.05, 0.1) is 5.56 Å². The van der Waals surface area contributed by atoms with Crippen LogP contribution in [0.25, 0.3) is 32.7 Å². The third kappa shape index (κ3) is 5.01. The van der Waals surface area contributed by atoms with Crippen LogP contribution in [0, 0.1) is 0 Å². The number of hydrogen-bond donors (Lipinski definition) is 1. The number of para-hydroxylation sites is 1. The maximum Gasteiger partial charge on any atom is 0.347 e. The molecule has 0 unspecified atom stereocenters. The van der Waals surface area contributed by atoms with Gasteiger partial charge in [-0.05, 0) is 58.3 Å². The second-order valence-electron chi connectivity index (χ2n) is 9.74. The summed E-state index contributed by atoms with van der Waals surface area (Å²) < 4.78 is 12.1. The number of Topliss-reactive ketones (excluding diaryl/α,β-unsaturated/α-hetero) is 1. The summed E-state index contributed by atoms with van der Waals surface area (Å²) in [7, 11) is 0. The SMILES string of the molecule is CC(=O)c1cc2ccccc2c(-c2c(OC(=O)c3ccccc3OCc3ccccc3)ccc3ccccc23)c1O. The normalized spacial score (nSPS) is 11.0. The summed E-state index contributed by atoms with van der Waals surface area (Å²) in [4.78, 5) is 26.2. The van der Waals surface area contributed by atoms with Crippen LogP contribution in [0.15, 0.2) is 121 Å². The number of carbonyl (C=O) groups excluding carboxylic acids is 2. The van der Waals surface area contributed by atoms with E-state index in [-0.39, 0.29) is 28.4 Å². The Balaban J connectivity index is 1.48. The number of aromatic hydroxyl groups is 1. The molecule has 41 heavy (non-hydrogen) atoms. The molecule has 1 N–H and O–H groups in total. The van der Waals surface area contributed by atoms with Gasteiger partial charge < -0.3 is 14.6 Å². The van der Waals surface area contributed by atoms with Crippen LogP contribution in [0.2, 0.25) is 0 Å². The number of fused-ring (bicyclic) bond motifs is 2. The van der Waals surface area contributed by atoms with Gasteiger partial charge in [-0.15, -0.1) is 0 Å². The quantitative estimate of drug-likeness (QED) is 0.126. The average Bonchev–Trinajstić information content (AvgIpc) is 3.00. The lowest BCUT2D eigenvalue weighted by atomic mass is 9.89. The fraction of sp³-hybridized carbons (Fsp3) is 0.0556. The number of phenolic OH excluding ortho intramolecular Hbond substituents is 1. The summed E-state index contributed by atoms with van der Waals surface area (Å²) in [6.07, 6.45) is 0. The van der Waals surface area contributed by atoms with Gasteiger partial charge >= 0.3 is 5.97 Å². The molecule has 0 bridgehead atoms. The number of phenols is 1. The Morgan fingerprint density at radius 1 is 0.634 bits per heavy atom. The van der Waals surface area contributed by atoms with Crippen LogP contribution in [0.1, 0.15) is 33.2 Å². The van der Waals surface area contributed by atoms with E-state index in [0.29, 0.717) is 23.5 Å². The van der Waals surface area contributed by atoms with Crippen molar-refractivity contribution in [3.05, 3.63) is 138 Å². The van der Waals surface area contributed by atoms with Crippen LogP contribution in [0.4, 0.5) is 0 Å². The van der Waals surface area contributed by atoms with E-state index in [1.54, 1.807) is 36.4 Å². The van der Waals surface area contributed by atoms with Crippen molar-refractivity contribution in [2.45, 2.75) is 13.5 Å². The highest BCUT2D eigenvalue weighted by molar-refractivity contribution is 6.14. The summed E-state index contributed by atoms with van der Waals surface area (Å²) >= 11 is 0. The molecule has 0 saturated carbocycles. The molecule has 5 heteroatoms. The first-order chi connectivity index (χ1) is 20.0. The second kappa shape index (κ2) is 11.0. The molecule has 6 aromatic carbocycles. The Morgan fingerprint density at radius 3 is 2.02 bits per heavy atom. The first-order valence-corrected chi connectivity index (χ1v) is 13.3. The number of hydrogen-bond acceptors (Lipinski definition) is 5. The number of ether oxygens (including phenoxy) is 2. The lowest BCUT2D eigenvalue weighted by Gasteiger charge is -2.18. The van der Waals surface area contributed by atoms with E-state index in [4.69, 9.17) is 9.47 Å². The van der Waals surface area contributed by atoms with E-state index in [1.165, 1.54) is 6.92 Å². The molecule has 0 heterocycles. The number of esters is 1. The molecule has 6 aromatic rings. The lowest BCUT2D eigenvalue weighted by Crippen LogP contribution is -2.12. The van der Waals surface area contributed by atoms with E-state index < -0.39 is 5.97 Å². The summed E-state index contributed by atoms with van der Waals surface area (Å²) in [5, 5.41) is 14.7. The topological polar surface area (TPSA) is 72.8 Å². The molecule has 0 aromatic heterocycles. The van der Waals surface area contributed by atoms with Crippen LogP contribution in [-0.2, 0) is 6.61 Å². The predicted molar refractivity (Wildman–Crippen MR) is 161 cm³/mol. The van der Waals surface area contributed by atoms with Crippen LogP contribution >= 0.6 is 0 Å². The predicted octanol–water partition coefficient (Wildman–Crippen LogP) is 8.37. The van der Waals surface area contributed by atoms with Crippen LogP contribution in [0.3, 0.4) is 0 Å². The zero-order valence-electron chi connectivity index (χ0n) is 22.3. The van der Waals surface area contributed by atoms with E-state index in [2.05, 4.69) is 0 Å². The van der Waals surface area contributed by atoms with Crippen LogP contribution < -0.4 is 9.47 Å². The van der Waals surface area contributed by atoms with Crippen molar-refractivity contribution >= 4 is 33.3 Å². The smallest absolute Gasteiger partial charge is 0.347 e. The van der Waals surface area contributed by atoms with Gasteiger partial charge in [-0.1, -0.05) is 97.1 Å². The zero-order valence-corrected chi connectivity index (χ0v) is 22.3. The van der Waals surface area contributed by atoms with Crippen LogP contribution in [0.5, 0.6) is 17.2 Å². The van der Waals surface area contributed by atoms with Gasteiger partial charge in [0.25, 0.3) is 0 Å². The number of carbonyl (C=O) groups is 2. The van der Waals surface area contributed by atoms with E-state index in [9.17, 15) is 14.7 Å². The summed E-state index contributed by atoms with van der Waals surface area (Å²) in [5.41, 5.74) is 2.40. The zero-order chi connectivity index (χ0) is 28.3. The van der Waals surface area contributed by atoms with Crippen molar-refractivity contribution in [2.24, 2.45) is 0 Å². The molecule has 0 amide bonds. The molecule has 0 aliphatic rings. The Morgan fingerprint density at radius 2 is 1.27 bits per heavy atom. The highest BCUT2D eigenvalue weighted by Gasteiger charge is 2.24. The molecule has 0 spiro atoms. The summed E-state index contributed by atoms with van der Waals surface area (Å²) in [5.74, 6) is -0.366. The fourth-order valence-corrected chi connectivity index (χ4v) is 5.10. The van der Waals surface area contributed by atoms with Crippen molar-refractivity contribution in [3.8, 4) is 28.4 Å². The highest BCUT2D eigenvalue weighted by Crippen LogP contribution is 2.47. The van der Waals surface area contributed by atoms with E-state index >= 15 is 0 Å². The Hall–Kier alpha value is -5.42. The molecule has 0 radical (unpaired) electrons. The molecule has 0 fully saturated rings. The molecule has 6 rings (SSSR count). The van der Waals surface area contributed by atoms with Crippen molar-refractivity contribution < 1.29 is 24.2 Å². The molecular formula is C36H26O5. The Labute approximate surface area is 237 Å². The third-order valence-corrected chi connectivity index (χ3v) is 7.09. The highest BCUT2D eigenvalue weighted by atomic mass is 16.5. The van der Waals surface area contributed by atoms with Gasteiger partial charge in [-0.3, -0.25) is 4.79 Å². The van der Waals surface area contributed by atoms with Crippen molar-refractivity contribution in [2.75, 3.05) is 0 Å². The minimum atomic E-state index is -0.600. The summed E-state index contributed by atoms with van der Waals surface area (Å²) in [6, 6.07) is 37.1. The Kier molecular flexibility index (Phi) is 6.92. The maximum atomic E-state index is 13.7. The maximum absolute atomic E-state index is 13.7. The van der Waals surface area contributed by atoms with Crippen molar-refractivity contribution in [3.63, 3.8) is 0 Å². The van der Waals surface area contributed by atoms with Crippen molar-refractivity contribution in [1.29, 1.82) is 0 Å². The lowest BCUT2D eigenvalue weighted by molar-refractivity contribution is 0.0730. The van der Waals surface area contributed by atoms with Crippen LogP contribution in [-0.4, -0.2) is 16.9 Å². The standard InChI is InChI=1S/C36H26O5/c1-23(37)30-21-26-14-6-8-16-28(26)34(35(30)38)33-27-15-7-5-13-25(27)19-20-32(33)41-36(39)29-17-9-10-18-31(29)40-22-24-11-3-2-4-12-24/h2-21,38H,22H2,1H3. The monoisotopic (exact) mass is 538 g/mol. The second-order valence-corrected chi connectivity index (χ2v) is 9.74. The molecule has 0 aliphatic carbocycles. The fourth-order valence-electron chi connectivity index (χ4n) is 5.10. The minimum Gasteiger partial charge on any atom is -0.507 e. The third-order valence-electron chi connectivity index (χ3n) is 7.09. The number of ketones is 1. The van der Waals surface area contributed by atoms with Crippen molar-refractivity contribution in [1.82, 2.24) is 0 Å². The number of benzene rings is 6. The number of rotatable bonds is 7. The van der Waals surface area contributed by atoms with Gasteiger partial charge in [0.15, 0.2) is 5.78 Å². The van der Waals surface area contributed by atoms with Gasteiger partial charge in [-0.2, -0.15) is 0 Å². The molecule has 0 atom stereocenters. The van der Waals surface area contributed by atoms with Gasteiger partial charge in [0, 0.05) is 11.1 Å². The largest absolute Gasteiger partial charge is 0.507 e. The molecule has 0 aliphatic heterocycles. The molecule has 5 nitrogen and oxygen atoms in total. The molecule has 200 valence electrons. The first kappa shape index (κ1) is 25.8. The average molecular weight is 539 g/mol. The Bertz CT molecular complexity index is 1920. The van der Waals surface area contributed by atoms with E-state index in [0.717, 1.165) is 27.1 Å².